The number of hydrogen-bond donors (Lipinski definition) is 2. The second kappa shape index (κ2) is 8.81. The first-order chi connectivity index (χ1) is 7.74. The quantitative estimate of drug-likeness (QED) is 0.489. The average molecular weight is 258 g/mol. The van der Waals surface area contributed by atoms with Gasteiger partial charge in [0.15, 0.2) is 0 Å². The van der Waals surface area contributed by atoms with Gasteiger partial charge in [-0.05, 0) is 35.4 Å². The zero-order chi connectivity index (χ0) is 11.4. The molecule has 0 spiro atoms. The molecule has 0 atom stereocenters. The van der Waals surface area contributed by atoms with Crippen LogP contribution in [0.15, 0.2) is 48.5 Å². The van der Waals surface area contributed by atoms with Gasteiger partial charge in [-0.15, -0.1) is 0 Å². The first kappa shape index (κ1) is 17.8. The number of benzene rings is 2. The van der Waals surface area contributed by atoms with Crippen molar-refractivity contribution in [2.24, 2.45) is 0 Å². The third kappa shape index (κ3) is 5.61. The Morgan fingerprint density at radius 3 is 1.11 bits per heavy atom. The van der Waals surface area contributed by atoms with E-state index in [0.717, 1.165) is 22.5 Å². The summed E-state index contributed by atoms with van der Waals surface area (Å²) >= 11 is 0. The van der Waals surface area contributed by atoms with Crippen molar-refractivity contribution < 1.29 is 0 Å². The van der Waals surface area contributed by atoms with Crippen LogP contribution in [0.2, 0.25) is 0 Å². The fraction of sp³-hybridized carbons (Fsp3) is 0. The summed E-state index contributed by atoms with van der Waals surface area (Å²) in [5.74, 6) is 0. The molecule has 0 aliphatic rings. The van der Waals surface area contributed by atoms with Crippen molar-refractivity contribution in [3.63, 3.8) is 0 Å². The molecular weight excluding hydrogens is 242 g/mol. The summed E-state index contributed by atoms with van der Waals surface area (Å²) in [4.78, 5) is 0. The molecule has 0 saturated carbocycles. The SMILES string of the molecule is Nc1ccc(C=Cc2ccc(N)cc2)cc1.[NaH].[NaH]. The van der Waals surface area contributed by atoms with Crippen LogP contribution in [0.5, 0.6) is 0 Å². The molecule has 0 unspecified atom stereocenters. The zero-order valence-electron chi connectivity index (χ0n) is 8.93. The summed E-state index contributed by atoms with van der Waals surface area (Å²) in [7, 11) is 0. The van der Waals surface area contributed by atoms with E-state index in [-0.39, 0.29) is 59.1 Å². The molecule has 0 fully saturated rings. The van der Waals surface area contributed by atoms with E-state index in [2.05, 4.69) is 0 Å². The second-order valence-corrected chi connectivity index (χ2v) is 3.67. The van der Waals surface area contributed by atoms with Gasteiger partial charge in [-0.1, -0.05) is 36.4 Å². The van der Waals surface area contributed by atoms with E-state index in [1.54, 1.807) is 0 Å². The Labute approximate surface area is 152 Å². The van der Waals surface area contributed by atoms with Crippen LogP contribution >= 0.6 is 0 Å². The van der Waals surface area contributed by atoms with Gasteiger partial charge < -0.3 is 11.5 Å². The van der Waals surface area contributed by atoms with E-state index in [1.807, 2.05) is 60.7 Å². The Bertz CT molecular complexity index is 443. The molecule has 18 heavy (non-hydrogen) atoms. The Balaban J connectivity index is 0.00000144. The maximum absolute atomic E-state index is 5.61. The normalized spacial score (nSPS) is 9.56. The first-order valence-corrected chi connectivity index (χ1v) is 5.13. The van der Waals surface area contributed by atoms with E-state index in [9.17, 15) is 0 Å². The fourth-order valence-corrected chi connectivity index (χ4v) is 1.41. The van der Waals surface area contributed by atoms with Crippen molar-refractivity contribution in [2.45, 2.75) is 0 Å². The van der Waals surface area contributed by atoms with Crippen LogP contribution in [-0.2, 0) is 0 Å². The fourth-order valence-electron chi connectivity index (χ4n) is 1.41. The Morgan fingerprint density at radius 2 is 0.833 bits per heavy atom. The number of rotatable bonds is 2. The van der Waals surface area contributed by atoms with Crippen LogP contribution in [0.4, 0.5) is 11.4 Å². The summed E-state index contributed by atoms with van der Waals surface area (Å²) < 4.78 is 0. The number of nitrogens with two attached hydrogens (primary N) is 2. The predicted molar refractivity (Wildman–Crippen MR) is 84.9 cm³/mol. The molecule has 0 aliphatic carbocycles. The molecule has 2 aromatic rings. The average Bonchev–Trinajstić information content (AvgIpc) is 2.30. The van der Waals surface area contributed by atoms with Gasteiger partial charge in [-0.3, -0.25) is 0 Å². The van der Waals surface area contributed by atoms with Crippen molar-refractivity contribution in [1.29, 1.82) is 0 Å². The van der Waals surface area contributed by atoms with Gasteiger partial charge in [-0.25, -0.2) is 0 Å². The summed E-state index contributed by atoms with van der Waals surface area (Å²) in [6.07, 6.45) is 4.09. The molecule has 0 radical (unpaired) electrons. The standard InChI is InChI=1S/C14H14N2.2Na.2H/c15-13-7-3-11(4-8-13)1-2-12-5-9-14(16)10-6-12;;;;/h1-10H,15-16H2;;;;. The summed E-state index contributed by atoms with van der Waals surface area (Å²) in [6.45, 7) is 0. The molecule has 0 saturated heterocycles. The van der Waals surface area contributed by atoms with Crippen molar-refractivity contribution in [1.82, 2.24) is 0 Å². The van der Waals surface area contributed by atoms with E-state index in [4.69, 9.17) is 11.5 Å². The minimum absolute atomic E-state index is 0. The third-order valence-corrected chi connectivity index (χ3v) is 2.34. The molecule has 4 heteroatoms. The van der Waals surface area contributed by atoms with E-state index in [1.165, 1.54) is 0 Å². The molecule has 0 amide bonds. The minimum atomic E-state index is 0. The van der Waals surface area contributed by atoms with Gasteiger partial charge >= 0.3 is 59.1 Å². The van der Waals surface area contributed by atoms with Gasteiger partial charge in [0.05, 0.1) is 0 Å². The van der Waals surface area contributed by atoms with Crippen LogP contribution in [0.25, 0.3) is 12.2 Å². The van der Waals surface area contributed by atoms with Crippen LogP contribution in [0.3, 0.4) is 0 Å². The van der Waals surface area contributed by atoms with E-state index >= 15 is 0 Å². The molecule has 0 heterocycles. The van der Waals surface area contributed by atoms with Crippen molar-refractivity contribution in [3.8, 4) is 0 Å². The predicted octanol–water partition coefficient (Wildman–Crippen LogP) is 1.72. The molecule has 2 nitrogen and oxygen atoms in total. The number of hydrogen-bond acceptors (Lipinski definition) is 2. The van der Waals surface area contributed by atoms with E-state index < -0.39 is 0 Å². The summed E-state index contributed by atoms with van der Waals surface area (Å²) in [6, 6.07) is 15.5. The van der Waals surface area contributed by atoms with Crippen LogP contribution < -0.4 is 11.5 Å². The molecule has 0 bridgehead atoms. The maximum atomic E-state index is 5.61. The van der Waals surface area contributed by atoms with Gasteiger partial charge in [0.1, 0.15) is 0 Å². The topological polar surface area (TPSA) is 52.0 Å². The van der Waals surface area contributed by atoms with Gasteiger partial charge in [-0.2, -0.15) is 0 Å². The number of nitrogen functional groups attached to an aromatic ring is 2. The molecule has 0 aromatic heterocycles. The number of anilines is 2. The van der Waals surface area contributed by atoms with E-state index in [0.29, 0.717) is 0 Å². The Hall–Kier alpha value is -0.220. The summed E-state index contributed by atoms with van der Waals surface area (Å²) in [5.41, 5.74) is 15.1. The molecular formula is C14H16N2Na2. The van der Waals surface area contributed by atoms with Gasteiger partial charge in [0, 0.05) is 11.4 Å². The molecule has 84 valence electrons. The second-order valence-electron chi connectivity index (χ2n) is 3.67. The Morgan fingerprint density at radius 1 is 0.556 bits per heavy atom. The van der Waals surface area contributed by atoms with Crippen molar-refractivity contribution in [2.75, 3.05) is 11.5 Å². The van der Waals surface area contributed by atoms with Crippen LogP contribution in [0, 0.1) is 0 Å². The molecule has 2 aromatic carbocycles. The van der Waals surface area contributed by atoms with Crippen LogP contribution in [-0.4, -0.2) is 59.1 Å². The zero-order valence-corrected chi connectivity index (χ0v) is 8.93. The first-order valence-electron chi connectivity index (χ1n) is 5.13. The Kier molecular flexibility index (Phi) is 8.70. The molecule has 0 aliphatic heterocycles. The third-order valence-electron chi connectivity index (χ3n) is 2.34. The van der Waals surface area contributed by atoms with Gasteiger partial charge in [0.2, 0.25) is 0 Å². The van der Waals surface area contributed by atoms with Crippen molar-refractivity contribution >= 4 is 82.6 Å². The van der Waals surface area contributed by atoms with Gasteiger partial charge in [0.25, 0.3) is 0 Å². The molecule has 4 N–H and O–H groups in total. The molecule has 2 rings (SSSR count). The monoisotopic (exact) mass is 258 g/mol. The summed E-state index contributed by atoms with van der Waals surface area (Å²) in [5, 5.41) is 0. The van der Waals surface area contributed by atoms with Crippen LogP contribution in [0.1, 0.15) is 11.1 Å². The van der Waals surface area contributed by atoms with Crippen molar-refractivity contribution in [3.05, 3.63) is 59.7 Å².